The monoisotopic (exact) mass is 367 g/mol. The Balaban J connectivity index is 1.34. The van der Waals surface area contributed by atoms with Crippen LogP contribution in [0.2, 0.25) is 0 Å². The summed E-state index contributed by atoms with van der Waals surface area (Å²) in [5.41, 5.74) is 1.44. The third kappa shape index (κ3) is 3.57. The van der Waals surface area contributed by atoms with Gasteiger partial charge >= 0.3 is 5.97 Å². The highest BCUT2D eigenvalue weighted by Crippen LogP contribution is 2.32. The molecular weight excluding hydrogens is 350 g/mol. The van der Waals surface area contributed by atoms with Crippen LogP contribution in [0.15, 0.2) is 52.9 Å². The fourth-order valence-electron chi connectivity index (χ4n) is 2.74. The molecule has 0 saturated heterocycles. The average molecular weight is 367 g/mol. The number of amides is 1. The molecule has 0 fully saturated rings. The fraction of sp³-hybridized carbons (Fsp3) is 0.200. The normalized spacial score (nSPS) is 13.4. The van der Waals surface area contributed by atoms with Crippen molar-refractivity contribution in [1.82, 2.24) is 5.32 Å². The third-order valence-corrected chi connectivity index (χ3v) is 4.18. The van der Waals surface area contributed by atoms with Gasteiger partial charge in [0, 0.05) is 11.9 Å². The molecular formula is C20H17NO6. The van der Waals surface area contributed by atoms with Gasteiger partial charge in [-0.15, -0.1) is 0 Å². The summed E-state index contributed by atoms with van der Waals surface area (Å²) in [6, 6.07) is 14.3. The van der Waals surface area contributed by atoms with Crippen molar-refractivity contribution in [1.29, 1.82) is 0 Å². The van der Waals surface area contributed by atoms with E-state index in [4.69, 9.17) is 18.6 Å². The van der Waals surface area contributed by atoms with Crippen LogP contribution in [0.25, 0.3) is 11.0 Å². The molecule has 1 atom stereocenters. The largest absolute Gasteiger partial charge is 0.454 e. The van der Waals surface area contributed by atoms with E-state index in [1.807, 2.05) is 24.3 Å². The predicted molar refractivity (Wildman–Crippen MR) is 95.5 cm³/mol. The standard InChI is InChI=1S/C20H17NO6/c1-12(26-20(23)18-9-14-4-2-3-5-15(14)27-18)19(22)21-10-13-6-7-16-17(8-13)25-11-24-16/h2-9,12H,10-11H2,1H3,(H,21,22)/t12-/m0/s1. The van der Waals surface area contributed by atoms with E-state index >= 15 is 0 Å². The second kappa shape index (κ2) is 7.03. The van der Waals surface area contributed by atoms with Crippen LogP contribution in [0.5, 0.6) is 11.5 Å². The van der Waals surface area contributed by atoms with E-state index in [0.29, 0.717) is 17.1 Å². The molecule has 4 rings (SSSR count). The fourth-order valence-corrected chi connectivity index (χ4v) is 2.74. The molecule has 1 N–H and O–H groups in total. The minimum atomic E-state index is -0.959. The minimum Gasteiger partial charge on any atom is -0.454 e. The first-order chi connectivity index (χ1) is 13.1. The van der Waals surface area contributed by atoms with Crippen molar-refractivity contribution in [3.63, 3.8) is 0 Å². The van der Waals surface area contributed by atoms with Crippen molar-refractivity contribution in [3.05, 3.63) is 59.9 Å². The Labute approximate surface area is 154 Å². The van der Waals surface area contributed by atoms with E-state index in [9.17, 15) is 9.59 Å². The van der Waals surface area contributed by atoms with E-state index in [1.54, 1.807) is 24.3 Å². The van der Waals surface area contributed by atoms with Crippen molar-refractivity contribution in [2.75, 3.05) is 6.79 Å². The van der Waals surface area contributed by atoms with Crippen molar-refractivity contribution < 1.29 is 28.2 Å². The third-order valence-electron chi connectivity index (χ3n) is 4.18. The Bertz CT molecular complexity index is 976. The van der Waals surface area contributed by atoms with Gasteiger partial charge in [-0.3, -0.25) is 4.79 Å². The first-order valence-electron chi connectivity index (χ1n) is 8.46. The molecule has 1 aliphatic rings. The maximum Gasteiger partial charge on any atom is 0.375 e. The number of carbonyl (C=O) groups is 2. The molecule has 0 unspecified atom stereocenters. The summed E-state index contributed by atoms with van der Waals surface area (Å²) in [6.07, 6.45) is -0.959. The Morgan fingerprint density at radius 1 is 1.11 bits per heavy atom. The van der Waals surface area contributed by atoms with Crippen LogP contribution in [-0.2, 0) is 16.1 Å². The average Bonchev–Trinajstić information content (AvgIpc) is 3.31. The summed E-state index contributed by atoms with van der Waals surface area (Å²) in [7, 11) is 0. The second-order valence-corrected chi connectivity index (χ2v) is 6.10. The topological polar surface area (TPSA) is 87.0 Å². The van der Waals surface area contributed by atoms with Crippen LogP contribution >= 0.6 is 0 Å². The molecule has 7 heteroatoms. The highest BCUT2D eigenvalue weighted by molar-refractivity contribution is 5.94. The second-order valence-electron chi connectivity index (χ2n) is 6.10. The van der Waals surface area contributed by atoms with Gasteiger partial charge in [0.25, 0.3) is 5.91 Å². The Kier molecular flexibility index (Phi) is 4.42. The summed E-state index contributed by atoms with van der Waals surface area (Å²) in [5.74, 6) is 0.296. The van der Waals surface area contributed by atoms with E-state index < -0.39 is 18.0 Å². The zero-order chi connectivity index (χ0) is 18.8. The Hall–Kier alpha value is -3.48. The summed E-state index contributed by atoms with van der Waals surface area (Å²) >= 11 is 0. The van der Waals surface area contributed by atoms with Gasteiger partial charge in [-0.25, -0.2) is 4.79 Å². The lowest BCUT2D eigenvalue weighted by Gasteiger charge is -2.13. The number of ether oxygens (including phenoxy) is 3. The number of furan rings is 1. The van der Waals surface area contributed by atoms with Gasteiger partial charge in [-0.1, -0.05) is 24.3 Å². The number of para-hydroxylation sites is 1. The number of carbonyl (C=O) groups excluding carboxylic acids is 2. The number of hydrogen-bond donors (Lipinski definition) is 1. The van der Waals surface area contributed by atoms with Crippen molar-refractivity contribution in [2.45, 2.75) is 19.6 Å². The highest BCUT2D eigenvalue weighted by atomic mass is 16.7. The quantitative estimate of drug-likeness (QED) is 0.698. The zero-order valence-corrected chi connectivity index (χ0v) is 14.6. The van der Waals surface area contributed by atoms with Crippen LogP contribution < -0.4 is 14.8 Å². The summed E-state index contributed by atoms with van der Waals surface area (Å²) < 4.78 is 21.2. The van der Waals surface area contributed by atoms with Crippen LogP contribution in [0.3, 0.4) is 0 Å². The lowest BCUT2D eigenvalue weighted by molar-refractivity contribution is -0.129. The van der Waals surface area contributed by atoms with Crippen LogP contribution in [0.1, 0.15) is 23.0 Å². The van der Waals surface area contributed by atoms with Crippen molar-refractivity contribution >= 4 is 22.8 Å². The lowest BCUT2D eigenvalue weighted by Crippen LogP contribution is -2.35. The van der Waals surface area contributed by atoms with Crippen LogP contribution in [0.4, 0.5) is 0 Å². The predicted octanol–water partition coefficient (Wildman–Crippen LogP) is 3.02. The lowest BCUT2D eigenvalue weighted by atomic mass is 10.2. The molecule has 7 nitrogen and oxygen atoms in total. The Morgan fingerprint density at radius 3 is 2.78 bits per heavy atom. The SMILES string of the molecule is C[C@H](OC(=O)c1cc2ccccc2o1)C(=O)NCc1ccc2c(c1)OCO2. The molecule has 0 spiro atoms. The maximum absolute atomic E-state index is 12.2. The number of fused-ring (bicyclic) bond motifs is 2. The molecule has 1 aromatic heterocycles. The molecule has 0 saturated carbocycles. The zero-order valence-electron chi connectivity index (χ0n) is 14.6. The molecule has 0 bridgehead atoms. The Morgan fingerprint density at radius 2 is 1.93 bits per heavy atom. The van der Waals surface area contributed by atoms with Crippen molar-refractivity contribution in [2.24, 2.45) is 0 Å². The van der Waals surface area contributed by atoms with Crippen molar-refractivity contribution in [3.8, 4) is 11.5 Å². The van der Waals surface area contributed by atoms with Gasteiger partial charge in [-0.2, -0.15) is 0 Å². The summed E-state index contributed by atoms with van der Waals surface area (Å²) in [4.78, 5) is 24.4. The number of esters is 1. The van der Waals surface area contributed by atoms with Crippen LogP contribution in [0, 0.1) is 0 Å². The molecule has 3 aromatic rings. The number of benzene rings is 2. The first-order valence-corrected chi connectivity index (χ1v) is 8.46. The van der Waals surface area contributed by atoms with Gasteiger partial charge in [0.2, 0.25) is 12.6 Å². The molecule has 1 aliphatic heterocycles. The minimum absolute atomic E-state index is 0.0617. The van der Waals surface area contributed by atoms with E-state index in [1.165, 1.54) is 6.92 Å². The molecule has 2 heterocycles. The van der Waals surface area contributed by atoms with Gasteiger partial charge in [0.15, 0.2) is 17.6 Å². The number of hydrogen-bond acceptors (Lipinski definition) is 6. The van der Waals surface area contributed by atoms with E-state index in [2.05, 4.69) is 5.32 Å². The highest BCUT2D eigenvalue weighted by Gasteiger charge is 2.21. The molecule has 1 amide bonds. The number of nitrogens with one attached hydrogen (secondary N) is 1. The summed E-state index contributed by atoms with van der Waals surface area (Å²) in [6.45, 7) is 1.98. The van der Waals surface area contributed by atoms with E-state index in [-0.39, 0.29) is 19.1 Å². The molecule has 2 aromatic carbocycles. The molecule has 0 radical (unpaired) electrons. The maximum atomic E-state index is 12.2. The van der Waals surface area contributed by atoms with Gasteiger partial charge < -0.3 is 23.9 Å². The van der Waals surface area contributed by atoms with Crippen LogP contribution in [-0.4, -0.2) is 24.8 Å². The first kappa shape index (κ1) is 17.0. The molecule has 0 aliphatic carbocycles. The van der Waals surface area contributed by atoms with Gasteiger partial charge in [0.05, 0.1) is 0 Å². The van der Waals surface area contributed by atoms with Gasteiger partial charge in [0.1, 0.15) is 5.58 Å². The summed E-state index contributed by atoms with van der Waals surface area (Å²) in [5, 5.41) is 3.53. The number of rotatable bonds is 5. The smallest absolute Gasteiger partial charge is 0.375 e. The van der Waals surface area contributed by atoms with E-state index in [0.717, 1.165) is 10.9 Å². The molecule has 138 valence electrons. The molecule has 27 heavy (non-hydrogen) atoms. The van der Waals surface area contributed by atoms with Gasteiger partial charge in [-0.05, 0) is 36.8 Å².